The van der Waals surface area contributed by atoms with Crippen LogP contribution in [0, 0.1) is 0 Å². The van der Waals surface area contributed by atoms with Gasteiger partial charge in [0.15, 0.2) is 0 Å². The third-order valence-corrected chi connectivity index (χ3v) is 6.35. The fraction of sp³-hybridized carbons (Fsp3) is 0.500. The normalized spacial score (nSPS) is 12.3. The molecular formula is C18H27N2O7PS. The summed E-state index contributed by atoms with van der Waals surface area (Å²) in [7, 11) is -5.48. The van der Waals surface area contributed by atoms with E-state index in [1.165, 1.54) is 0 Å². The quantitative estimate of drug-likeness (QED) is 0.276. The lowest BCUT2D eigenvalue weighted by atomic mass is 10.2. The fourth-order valence-electron chi connectivity index (χ4n) is 2.55. The van der Waals surface area contributed by atoms with Gasteiger partial charge >= 0.3 is 7.60 Å². The zero-order chi connectivity index (χ0) is 21.5. The van der Waals surface area contributed by atoms with Gasteiger partial charge in [-0.15, -0.1) is 0 Å². The van der Waals surface area contributed by atoms with Crippen LogP contribution in [0.5, 0.6) is 0 Å². The molecule has 1 heterocycles. The van der Waals surface area contributed by atoms with Gasteiger partial charge in [0.05, 0.1) is 26.1 Å². The maximum Gasteiger partial charge on any atom is 0.385 e. The summed E-state index contributed by atoms with van der Waals surface area (Å²) in [5, 5.41) is 0. The van der Waals surface area contributed by atoms with Crippen LogP contribution in [0.1, 0.15) is 20.3 Å². The van der Waals surface area contributed by atoms with Gasteiger partial charge in [-0.05, 0) is 32.4 Å². The van der Waals surface area contributed by atoms with E-state index in [9.17, 15) is 13.0 Å². The lowest BCUT2D eigenvalue weighted by molar-refractivity contribution is 0.229. The van der Waals surface area contributed by atoms with E-state index in [1.54, 1.807) is 25.8 Å². The second-order valence-electron chi connectivity index (χ2n) is 6.15. The van der Waals surface area contributed by atoms with Gasteiger partial charge in [-0.2, -0.15) is 13.4 Å². The van der Waals surface area contributed by atoms with Gasteiger partial charge in [-0.1, -0.05) is 18.2 Å². The fourth-order valence-corrected chi connectivity index (χ4v) is 4.63. The molecule has 29 heavy (non-hydrogen) atoms. The van der Waals surface area contributed by atoms with Crippen LogP contribution >= 0.6 is 7.60 Å². The van der Waals surface area contributed by atoms with Crippen molar-refractivity contribution in [1.29, 1.82) is 0 Å². The Morgan fingerprint density at radius 1 is 1.14 bits per heavy atom. The summed E-state index contributed by atoms with van der Waals surface area (Å²) in [5.41, 5.74) is 0.806. The van der Waals surface area contributed by atoms with Crippen LogP contribution in [-0.2, 0) is 27.9 Å². The van der Waals surface area contributed by atoms with Gasteiger partial charge < -0.3 is 18.4 Å². The number of hydrogen-bond donors (Lipinski definition) is 0. The maximum absolute atomic E-state index is 13.3. The molecule has 1 aromatic carbocycles. The Morgan fingerprint density at radius 2 is 1.76 bits per heavy atom. The van der Waals surface area contributed by atoms with E-state index in [1.807, 2.05) is 30.3 Å². The van der Waals surface area contributed by atoms with Crippen molar-refractivity contribution in [3.05, 3.63) is 30.3 Å². The second kappa shape index (κ2) is 10.4. The molecule has 9 nitrogen and oxygen atoms in total. The summed E-state index contributed by atoms with van der Waals surface area (Å²) in [6.45, 7) is 4.19. The molecule has 0 radical (unpaired) electrons. The number of hydrogen-bond acceptors (Lipinski definition) is 9. The molecule has 0 amide bonds. The largest absolute Gasteiger partial charge is 0.419 e. The van der Waals surface area contributed by atoms with Crippen LogP contribution in [0.15, 0.2) is 34.7 Å². The average Bonchev–Trinajstić information content (AvgIpc) is 3.12. The lowest BCUT2D eigenvalue weighted by Crippen LogP contribution is -2.26. The van der Waals surface area contributed by atoms with Crippen LogP contribution in [0.25, 0.3) is 11.5 Å². The lowest BCUT2D eigenvalue weighted by Gasteiger charge is -2.20. The Kier molecular flexibility index (Phi) is 8.42. The molecule has 0 unspecified atom stereocenters. The first-order valence-corrected chi connectivity index (χ1v) is 12.6. The van der Waals surface area contributed by atoms with Crippen molar-refractivity contribution in [2.75, 3.05) is 44.6 Å². The van der Waals surface area contributed by atoms with E-state index in [-0.39, 0.29) is 37.0 Å². The summed E-state index contributed by atoms with van der Waals surface area (Å²) < 4.78 is 57.1. The number of rotatable bonds is 12. The molecule has 2 rings (SSSR count). The summed E-state index contributed by atoms with van der Waals surface area (Å²) in [6, 6.07) is 9.20. The standard InChI is InChI=1S/C18H27N2O7PS/c1-5-24-28(21,25-6-2)17-18(20(3)13-10-14-26-29(4,22)23)27-16(19-17)15-11-8-7-9-12-15/h7-9,11-12H,5-6,10,13-14H2,1-4H3. The Hall–Kier alpha value is -1.71. The molecule has 2 aromatic rings. The predicted octanol–water partition coefficient (Wildman–Crippen LogP) is 3.04. The Bertz CT molecular complexity index is 921. The molecule has 0 saturated carbocycles. The van der Waals surface area contributed by atoms with Gasteiger partial charge in [-0.3, -0.25) is 8.75 Å². The Labute approximate surface area is 171 Å². The van der Waals surface area contributed by atoms with Crippen molar-refractivity contribution in [3.8, 4) is 11.5 Å². The highest BCUT2D eigenvalue weighted by Gasteiger charge is 2.37. The van der Waals surface area contributed by atoms with Crippen molar-refractivity contribution in [3.63, 3.8) is 0 Å². The summed E-state index contributed by atoms with van der Waals surface area (Å²) in [5.74, 6) is 0.530. The number of nitrogens with zero attached hydrogens (tertiary/aromatic N) is 2. The minimum atomic E-state index is -3.70. The number of anilines is 1. The topological polar surface area (TPSA) is 108 Å². The molecule has 0 bridgehead atoms. The molecule has 11 heteroatoms. The van der Waals surface area contributed by atoms with Crippen LogP contribution in [0.3, 0.4) is 0 Å². The minimum absolute atomic E-state index is 0.0206. The SMILES string of the molecule is CCOP(=O)(OCC)c1nc(-c2ccccc2)oc1N(C)CCCOS(C)(=O)=O. The molecular weight excluding hydrogens is 419 g/mol. The van der Waals surface area contributed by atoms with Crippen LogP contribution in [-0.4, -0.2) is 53.1 Å². The highest BCUT2D eigenvalue weighted by Crippen LogP contribution is 2.49. The third-order valence-electron chi connectivity index (χ3n) is 3.75. The van der Waals surface area contributed by atoms with Crippen molar-refractivity contribution < 1.29 is 30.6 Å². The van der Waals surface area contributed by atoms with Crippen molar-refractivity contribution >= 4 is 29.0 Å². The third kappa shape index (κ3) is 6.65. The first-order valence-electron chi connectivity index (χ1n) is 9.21. The molecule has 0 atom stereocenters. The highest BCUT2D eigenvalue weighted by atomic mass is 32.2. The predicted molar refractivity (Wildman–Crippen MR) is 111 cm³/mol. The molecule has 0 aliphatic rings. The van der Waals surface area contributed by atoms with Gasteiger partial charge in [-0.25, -0.2) is 0 Å². The van der Waals surface area contributed by atoms with E-state index in [4.69, 9.17) is 17.6 Å². The van der Waals surface area contributed by atoms with E-state index in [2.05, 4.69) is 4.98 Å². The molecule has 0 aliphatic heterocycles. The van der Waals surface area contributed by atoms with Crippen molar-refractivity contribution in [2.24, 2.45) is 0 Å². The monoisotopic (exact) mass is 446 g/mol. The number of benzene rings is 1. The molecule has 0 N–H and O–H groups in total. The number of aromatic nitrogens is 1. The summed E-state index contributed by atoms with van der Waals surface area (Å²) in [6.07, 6.45) is 1.40. The van der Waals surface area contributed by atoms with E-state index >= 15 is 0 Å². The van der Waals surface area contributed by atoms with Gasteiger partial charge in [0.1, 0.15) is 0 Å². The molecule has 0 saturated heterocycles. The molecule has 1 aromatic heterocycles. The molecule has 0 spiro atoms. The highest BCUT2D eigenvalue weighted by molar-refractivity contribution is 7.85. The average molecular weight is 446 g/mol. The zero-order valence-corrected chi connectivity index (χ0v) is 18.7. The Morgan fingerprint density at radius 3 is 2.31 bits per heavy atom. The summed E-state index contributed by atoms with van der Waals surface area (Å²) >= 11 is 0. The first kappa shape index (κ1) is 23.6. The van der Waals surface area contributed by atoms with E-state index in [0.29, 0.717) is 18.5 Å². The molecule has 0 aliphatic carbocycles. The van der Waals surface area contributed by atoms with Gasteiger partial charge in [0.2, 0.25) is 17.2 Å². The van der Waals surface area contributed by atoms with E-state index < -0.39 is 17.7 Å². The minimum Gasteiger partial charge on any atom is -0.419 e. The molecule has 162 valence electrons. The summed E-state index contributed by atoms with van der Waals surface area (Å²) in [4.78, 5) is 6.12. The van der Waals surface area contributed by atoms with Crippen LogP contribution < -0.4 is 10.3 Å². The first-order chi connectivity index (χ1) is 13.7. The zero-order valence-electron chi connectivity index (χ0n) is 17.0. The smallest absolute Gasteiger partial charge is 0.385 e. The maximum atomic E-state index is 13.3. The van der Waals surface area contributed by atoms with Crippen LogP contribution in [0.2, 0.25) is 0 Å². The second-order valence-corrected chi connectivity index (χ2v) is 9.73. The Balaban J connectivity index is 2.35. The van der Waals surface area contributed by atoms with Crippen molar-refractivity contribution in [1.82, 2.24) is 4.98 Å². The van der Waals surface area contributed by atoms with Crippen molar-refractivity contribution in [2.45, 2.75) is 20.3 Å². The van der Waals surface area contributed by atoms with Gasteiger partial charge in [0, 0.05) is 19.2 Å². The van der Waals surface area contributed by atoms with Crippen LogP contribution in [0.4, 0.5) is 5.88 Å². The van der Waals surface area contributed by atoms with E-state index in [0.717, 1.165) is 6.26 Å². The number of oxazole rings is 1. The molecule has 0 fully saturated rings. The van der Waals surface area contributed by atoms with Gasteiger partial charge in [0.25, 0.3) is 10.1 Å².